The van der Waals surface area contributed by atoms with Crippen molar-refractivity contribution < 1.29 is 14.3 Å². The van der Waals surface area contributed by atoms with Gasteiger partial charge in [0.05, 0.1) is 12.4 Å². The minimum atomic E-state index is -0.445. The zero-order valence-corrected chi connectivity index (χ0v) is 16.2. The molecule has 0 aliphatic rings. The van der Waals surface area contributed by atoms with Gasteiger partial charge in [0.1, 0.15) is 16.1 Å². The average Bonchev–Trinajstić information content (AvgIpc) is 3.31. The summed E-state index contributed by atoms with van der Waals surface area (Å²) in [5.41, 5.74) is 3.65. The smallest absolute Gasteiger partial charge is 0.341 e. The van der Waals surface area contributed by atoms with E-state index in [-0.39, 0.29) is 18.3 Å². The number of nitrogens with zero attached hydrogens (tertiary/aromatic N) is 2. The van der Waals surface area contributed by atoms with E-state index in [9.17, 15) is 9.59 Å². The predicted octanol–water partition coefficient (Wildman–Crippen LogP) is 4.17. The van der Waals surface area contributed by atoms with E-state index < -0.39 is 5.97 Å². The van der Waals surface area contributed by atoms with E-state index >= 15 is 0 Å². The van der Waals surface area contributed by atoms with Crippen LogP contribution in [0.1, 0.15) is 17.3 Å². The second-order valence-corrected chi connectivity index (χ2v) is 7.92. The Hall–Kier alpha value is -2.23. The Morgan fingerprint density at radius 2 is 2.04 bits per heavy atom. The lowest BCUT2D eigenvalue weighted by Crippen LogP contribution is -2.16. The number of hydrogen-bond donors (Lipinski definition) is 1. The number of carbonyl (C=O) groups excluding carboxylic acids is 2. The topological polar surface area (TPSA) is 81.2 Å². The van der Waals surface area contributed by atoms with Crippen LogP contribution >= 0.6 is 34.4 Å². The number of rotatable bonds is 7. The summed E-state index contributed by atoms with van der Waals surface area (Å²) in [6.07, 6.45) is 0. The van der Waals surface area contributed by atoms with Crippen LogP contribution in [0.25, 0.3) is 11.1 Å². The Kier molecular flexibility index (Phi) is 6.37. The summed E-state index contributed by atoms with van der Waals surface area (Å²) in [6.45, 7) is 2.02. The molecule has 0 atom stereocenters. The highest BCUT2D eigenvalue weighted by molar-refractivity contribution is 8.01. The molecule has 1 amide bonds. The third kappa shape index (κ3) is 4.48. The van der Waals surface area contributed by atoms with Gasteiger partial charge in [-0.2, -0.15) is 0 Å². The normalized spacial score (nSPS) is 10.5. The number of esters is 1. The first-order chi connectivity index (χ1) is 12.7. The van der Waals surface area contributed by atoms with Gasteiger partial charge < -0.3 is 10.1 Å². The molecule has 1 N–H and O–H groups in total. The van der Waals surface area contributed by atoms with E-state index in [0.29, 0.717) is 10.6 Å². The molecule has 9 heteroatoms. The average molecular weight is 406 g/mol. The highest BCUT2D eigenvalue weighted by Gasteiger charge is 2.22. The third-order valence-electron chi connectivity index (χ3n) is 3.28. The summed E-state index contributed by atoms with van der Waals surface area (Å²) in [6, 6.07) is 9.55. The lowest BCUT2D eigenvalue weighted by Gasteiger charge is -2.08. The van der Waals surface area contributed by atoms with Crippen molar-refractivity contribution in [3.63, 3.8) is 0 Å². The van der Waals surface area contributed by atoms with Crippen molar-refractivity contribution in [3.05, 3.63) is 46.8 Å². The maximum Gasteiger partial charge on any atom is 0.341 e. The Morgan fingerprint density at radius 1 is 1.23 bits per heavy atom. The summed E-state index contributed by atoms with van der Waals surface area (Å²) >= 11 is 3.99. The fourth-order valence-electron chi connectivity index (χ4n) is 2.20. The number of amides is 1. The van der Waals surface area contributed by atoms with Gasteiger partial charge in [0.2, 0.25) is 5.91 Å². The number of ether oxygens (including phenoxy) is 1. The SMILES string of the molecule is CCOC(=O)c1c(-c2ccccc2)csc1NC(=O)CSc1nncs1. The molecule has 2 heterocycles. The molecule has 0 aliphatic heterocycles. The van der Waals surface area contributed by atoms with Gasteiger partial charge in [-0.25, -0.2) is 4.79 Å². The van der Waals surface area contributed by atoms with Gasteiger partial charge in [0, 0.05) is 10.9 Å². The molecular weight excluding hydrogens is 390 g/mol. The van der Waals surface area contributed by atoms with Gasteiger partial charge in [-0.3, -0.25) is 4.79 Å². The first kappa shape index (κ1) is 18.6. The molecule has 0 radical (unpaired) electrons. The van der Waals surface area contributed by atoms with E-state index in [4.69, 9.17) is 4.74 Å². The zero-order chi connectivity index (χ0) is 18.4. The van der Waals surface area contributed by atoms with Crippen LogP contribution in [0.15, 0.2) is 45.6 Å². The Balaban J connectivity index is 1.80. The number of thioether (sulfide) groups is 1. The van der Waals surface area contributed by atoms with Gasteiger partial charge in [0.25, 0.3) is 0 Å². The number of nitrogens with one attached hydrogen (secondary N) is 1. The van der Waals surface area contributed by atoms with Crippen LogP contribution in [0.3, 0.4) is 0 Å². The van der Waals surface area contributed by atoms with Crippen molar-refractivity contribution in [1.29, 1.82) is 0 Å². The van der Waals surface area contributed by atoms with E-state index in [1.165, 1.54) is 34.4 Å². The van der Waals surface area contributed by atoms with Crippen LogP contribution in [0.2, 0.25) is 0 Å². The molecular formula is C17H15N3O3S3. The fraction of sp³-hybridized carbons (Fsp3) is 0.176. The molecule has 0 spiro atoms. The summed E-state index contributed by atoms with van der Waals surface area (Å²) in [7, 11) is 0. The van der Waals surface area contributed by atoms with Crippen molar-refractivity contribution >= 4 is 51.3 Å². The lowest BCUT2D eigenvalue weighted by molar-refractivity contribution is -0.113. The summed E-state index contributed by atoms with van der Waals surface area (Å²) in [5.74, 6) is -0.465. The van der Waals surface area contributed by atoms with Crippen LogP contribution in [-0.2, 0) is 9.53 Å². The minimum Gasteiger partial charge on any atom is -0.462 e. The quantitative estimate of drug-likeness (QED) is 0.469. The molecule has 1 aromatic carbocycles. The van der Waals surface area contributed by atoms with E-state index in [2.05, 4.69) is 15.5 Å². The third-order valence-corrected chi connectivity index (χ3v) is 6.03. The standard InChI is InChI=1S/C17H15N3O3S3/c1-2-23-16(22)14-12(11-6-4-3-5-7-11)8-24-15(14)19-13(21)9-25-17-20-18-10-26-17/h3-8,10H,2,9H2,1H3,(H,19,21). The molecule has 0 bridgehead atoms. The molecule has 134 valence electrons. The van der Waals surface area contributed by atoms with Gasteiger partial charge in [-0.1, -0.05) is 53.4 Å². The zero-order valence-electron chi connectivity index (χ0n) is 13.8. The summed E-state index contributed by atoms with van der Waals surface area (Å²) in [5, 5.41) is 12.8. The number of carbonyl (C=O) groups is 2. The molecule has 26 heavy (non-hydrogen) atoms. The lowest BCUT2D eigenvalue weighted by atomic mass is 10.0. The molecule has 6 nitrogen and oxygen atoms in total. The van der Waals surface area contributed by atoms with E-state index in [0.717, 1.165) is 15.5 Å². The maximum absolute atomic E-state index is 12.5. The number of hydrogen-bond acceptors (Lipinski definition) is 8. The summed E-state index contributed by atoms with van der Waals surface area (Å²) < 4.78 is 5.91. The number of benzene rings is 1. The van der Waals surface area contributed by atoms with Crippen LogP contribution in [-0.4, -0.2) is 34.4 Å². The second-order valence-electron chi connectivity index (χ2n) is 4.98. The largest absolute Gasteiger partial charge is 0.462 e. The minimum absolute atomic E-state index is 0.191. The molecule has 3 aromatic rings. The van der Waals surface area contributed by atoms with Crippen LogP contribution in [0, 0.1) is 0 Å². The van der Waals surface area contributed by atoms with Crippen LogP contribution in [0.4, 0.5) is 5.00 Å². The molecule has 0 unspecified atom stereocenters. The van der Waals surface area contributed by atoms with E-state index in [1.807, 2.05) is 35.7 Å². The second kappa shape index (κ2) is 8.93. The number of thiophene rings is 1. The molecule has 0 saturated heterocycles. The number of aromatic nitrogens is 2. The molecule has 3 rings (SSSR count). The first-order valence-electron chi connectivity index (χ1n) is 7.72. The van der Waals surface area contributed by atoms with Crippen molar-refractivity contribution in [2.45, 2.75) is 11.3 Å². The Labute approximate surface area is 162 Å². The molecule has 0 saturated carbocycles. The Morgan fingerprint density at radius 3 is 2.73 bits per heavy atom. The molecule has 0 fully saturated rings. The van der Waals surface area contributed by atoms with Crippen molar-refractivity contribution in [2.75, 3.05) is 17.7 Å². The monoisotopic (exact) mass is 405 g/mol. The van der Waals surface area contributed by atoms with Gasteiger partial charge >= 0.3 is 5.97 Å². The predicted molar refractivity (Wildman–Crippen MR) is 105 cm³/mol. The first-order valence-corrected chi connectivity index (χ1v) is 10.5. The van der Waals surface area contributed by atoms with Crippen molar-refractivity contribution in [3.8, 4) is 11.1 Å². The molecule has 2 aromatic heterocycles. The van der Waals surface area contributed by atoms with E-state index in [1.54, 1.807) is 12.4 Å². The molecule has 0 aliphatic carbocycles. The van der Waals surface area contributed by atoms with Crippen molar-refractivity contribution in [2.24, 2.45) is 0 Å². The van der Waals surface area contributed by atoms with Gasteiger partial charge in [-0.05, 0) is 12.5 Å². The highest BCUT2D eigenvalue weighted by atomic mass is 32.2. The van der Waals surface area contributed by atoms with Crippen LogP contribution < -0.4 is 5.32 Å². The maximum atomic E-state index is 12.5. The van der Waals surface area contributed by atoms with Crippen molar-refractivity contribution in [1.82, 2.24) is 10.2 Å². The van der Waals surface area contributed by atoms with Gasteiger partial charge in [-0.15, -0.1) is 21.5 Å². The number of anilines is 1. The summed E-state index contributed by atoms with van der Waals surface area (Å²) in [4.78, 5) is 24.7. The van der Waals surface area contributed by atoms with Crippen LogP contribution in [0.5, 0.6) is 0 Å². The fourth-order valence-corrected chi connectivity index (χ4v) is 4.46. The Bertz CT molecular complexity index is 879. The highest BCUT2D eigenvalue weighted by Crippen LogP contribution is 2.36. The van der Waals surface area contributed by atoms with Gasteiger partial charge in [0.15, 0.2) is 4.34 Å².